The summed E-state index contributed by atoms with van der Waals surface area (Å²) < 4.78 is 21.1. The summed E-state index contributed by atoms with van der Waals surface area (Å²) >= 11 is 0. The standard InChI is InChI=1S/C19H25NO6/c1-19(2,8-7-17(22)24-4)20-16(21)6-5-13-11-14(23-3)18-15(12-13)25-9-10-26-18/h5-6,11-12H,7-10H2,1-4H3,(H,20,21)/b6-5+. The van der Waals surface area contributed by atoms with E-state index >= 15 is 0 Å². The number of benzene rings is 1. The molecule has 0 radical (unpaired) electrons. The number of hydrogen-bond acceptors (Lipinski definition) is 6. The molecule has 0 aromatic heterocycles. The van der Waals surface area contributed by atoms with Crippen molar-refractivity contribution in [2.75, 3.05) is 27.4 Å². The maximum atomic E-state index is 12.2. The third-order valence-electron chi connectivity index (χ3n) is 3.92. The van der Waals surface area contributed by atoms with Gasteiger partial charge in [-0.05, 0) is 44.0 Å². The molecule has 1 amide bonds. The quantitative estimate of drug-likeness (QED) is 0.591. The third kappa shape index (κ3) is 5.40. The molecule has 1 aliphatic heterocycles. The first kappa shape index (κ1) is 19.6. The molecule has 0 spiro atoms. The molecule has 0 saturated carbocycles. The average molecular weight is 363 g/mol. The van der Waals surface area contributed by atoms with E-state index in [2.05, 4.69) is 10.1 Å². The smallest absolute Gasteiger partial charge is 0.305 e. The minimum absolute atomic E-state index is 0.243. The zero-order valence-electron chi connectivity index (χ0n) is 15.6. The molecule has 0 atom stereocenters. The average Bonchev–Trinajstić information content (AvgIpc) is 2.63. The van der Waals surface area contributed by atoms with E-state index in [9.17, 15) is 9.59 Å². The van der Waals surface area contributed by atoms with Gasteiger partial charge < -0.3 is 24.3 Å². The van der Waals surface area contributed by atoms with Crippen molar-refractivity contribution in [1.82, 2.24) is 5.32 Å². The van der Waals surface area contributed by atoms with E-state index in [1.807, 2.05) is 13.8 Å². The van der Waals surface area contributed by atoms with Gasteiger partial charge in [0.25, 0.3) is 0 Å². The lowest BCUT2D eigenvalue weighted by Crippen LogP contribution is -2.42. The molecule has 0 fully saturated rings. The highest BCUT2D eigenvalue weighted by Gasteiger charge is 2.21. The fraction of sp³-hybridized carbons (Fsp3) is 0.474. The maximum absolute atomic E-state index is 12.2. The van der Waals surface area contributed by atoms with Crippen molar-refractivity contribution in [3.63, 3.8) is 0 Å². The summed E-state index contributed by atoms with van der Waals surface area (Å²) in [6, 6.07) is 3.57. The normalized spacial score (nSPS) is 13.4. The van der Waals surface area contributed by atoms with E-state index in [0.29, 0.717) is 36.9 Å². The van der Waals surface area contributed by atoms with E-state index in [1.165, 1.54) is 13.2 Å². The highest BCUT2D eigenvalue weighted by Crippen LogP contribution is 2.40. The molecule has 0 saturated heterocycles. The van der Waals surface area contributed by atoms with Crippen molar-refractivity contribution in [2.45, 2.75) is 32.2 Å². The monoisotopic (exact) mass is 363 g/mol. The number of ether oxygens (including phenoxy) is 4. The van der Waals surface area contributed by atoms with E-state index in [1.54, 1.807) is 25.3 Å². The van der Waals surface area contributed by atoms with Gasteiger partial charge in [-0.15, -0.1) is 0 Å². The summed E-state index contributed by atoms with van der Waals surface area (Å²) in [6.45, 7) is 4.66. The fourth-order valence-corrected chi connectivity index (χ4v) is 2.52. The van der Waals surface area contributed by atoms with Crippen LogP contribution in [0.5, 0.6) is 17.2 Å². The Morgan fingerprint density at radius 3 is 2.65 bits per heavy atom. The molecule has 1 aliphatic rings. The zero-order valence-corrected chi connectivity index (χ0v) is 15.6. The first-order valence-electron chi connectivity index (χ1n) is 8.39. The Balaban J connectivity index is 2.02. The van der Waals surface area contributed by atoms with Crippen LogP contribution in [0.15, 0.2) is 18.2 Å². The summed E-state index contributed by atoms with van der Waals surface area (Å²) in [5, 5.41) is 2.88. The van der Waals surface area contributed by atoms with Gasteiger partial charge in [-0.1, -0.05) is 0 Å². The summed E-state index contributed by atoms with van der Waals surface area (Å²) in [5.74, 6) is 1.17. The second-order valence-corrected chi connectivity index (χ2v) is 6.53. The summed E-state index contributed by atoms with van der Waals surface area (Å²) in [6.07, 6.45) is 3.83. The summed E-state index contributed by atoms with van der Waals surface area (Å²) in [5.41, 5.74) is 0.230. The molecule has 1 aromatic rings. The number of carbonyl (C=O) groups excluding carboxylic acids is 2. The zero-order chi connectivity index (χ0) is 19.2. The molecule has 142 valence electrons. The Morgan fingerprint density at radius 2 is 1.96 bits per heavy atom. The van der Waals surface area contributed by atoms with Crippen LogP contribution in [-0.2, 0) is 14.3 Å². The van der Waals surface area contributed by atoms with Crippen molar-refractivity contribution in [1.29, 1.82) is 0 Å². The van der Waals surface area contributed by atoms with E-state index < -0.39 is 5.54 Å². The van der Waals surface area contributed by atoms with Crippen LogP contribution < -0.4 is 19.5 Å². The van der Waals surface area contributed by atoms with Crippen LogP contribution in [0, 0.1) is 0 Å². The Bertz CT molecular complexity index is 678. The van der Waals surface area contributed by atoms with Gasteiger partial charge in [0.05, 0.1) is 14.2 Å². The fourth-order valence-electron chi connectivity index (χ4n) is 2.52. The summed E-state index contributed by atoms with van der Waals surface area (Å²) in [7, 11) is 2.90. The van der Waals surface area contributed by atoms with Gasteiger partial charge in [0.1, 0.15) is 13.2 Å². The number of fused-ring (bicyclic) bond motifs is 1. The number of methoxy groups -OCH3 is 2. The van der Waals surface area contributed by atoms with Crippen LogP contribution in [0.25, 0.3) is 6.08 Å². The van der Waals surface area contributed by atoms with Crippen molar-refractivity contribution in [3.05, 3.63) is 23.8 Å². The Kier molecular flexibility index (Phi) is 6.49. The molecule has 1 aromatic carbocycles. The van der Waals surface area contributed by atoms with Crippen molar-refractivity contribution >= 4 is 18.0 Å². The molecule has 0 aliphatic carbocycles. The van der Waals surface area contributed by atoms with Gasteiger partial charge in [-0.2, -0.15) is 0 Å². The van der Waals surface area contributed by atoms with Gasteiger partial charge in [0, 0.05) is 18.0 Å². The molecule has 1 heterocycles. The van der Waals surface area contributed by atoms with Gasteiger partial charge in [-0.25, -0.2) is 0 Å². The molecule has 0 bridgehead atoms. The first-order chi connectivity index (χ1) is 12.3. The Labute approximate surface area is 153 Å². The summed E-state index contributed by atoms with van der Waals surface area (Å²) in [4.78, 5) is 23.4. The molecular formula is C19H25NO6. The maximum Gasteiger partial charge on any atom is 0.305 e. The second kappa shape index (κ2) is 8.60. The van der Waals surface area contributed by atoms with Crippen LogP contribution in [0.4, 0.5) is 0 Å². The molecule has 26 heavy (non-hydrogen) atoms. The highest BCUT2D eigenvalue weighted by molar-refractivity contribution is 5.92. The van der Waals surface area contributed by atoms with Crippen LogP contribution in [-0.4, -0.2) is 44.8 Å². The van der Waals surface area contributed by atoms with Crippen LogP contribution in [0.2, 0.25) is 0 Å². The van der Waals surface area contributed by atoms with Gasteiger partial charge in [0.2, 0.25) is 11.7 Å². The number of rotatable bonds is 7. The van der Waals surface area contributed by atoms with Crippen LogP contribution in [0.3, 0.4) is 0 Å². The highest BCUT2D eigenvalue weighted by atomic mass is 16.6. The molecule has 7 heteroatoms. The van der Waals surface area contributed by atoms with Gasteiger partial charge in [0.15, 0.2) is 11.5 Å². The SMILES string of the molecule is COC(=O)CCC(C)(C)NC(=O)/C=C/c1cc(OC)c2c(c1)OCCO2. The topological polar surface area (TPSA) is 83.1 Å². The van der Waals surface area contributed by atoms with Crippen molar-refractivity contribution < 1.29 is 28.5 Å². The lowest BCUT2D eigenvalue weighted by atomic mass is 9.98. The predicted molar refractivity (Wildman–Crippen MR) is 96.5 cm³/mol. The third-order valence-corrected chi connectivity index (χ3v) is 3.92. The number of amides is 1. The molecule has 7 nitrogen and oxygen atoms in total. The Hall–Kier alpha value is -2.70. The second-order valence-electron chi connectivity index (χ2n) is 6.53. The molecule has 2 rings (SSSR count). The van der Waals surface area contributed by atoms with Gasteiger partial charge >= 0.3 is 5.97 Å². The largest absolute Gasteiger partial charge is 0.493 e. The minimum atomic E-state index is -0.528. The molecular weight excluding hydrogens is 338 g/mol. The number of carbonyl (C=O) groups is 2. The van der Waals surface area contributed by atoms with E-state index in [0.717, 1.165) is 5.56 Å². The lowest BCUT2D eigenvalue weighted by Gasteiger charge is -2.25. The number of nitrogens with one attached hydrogen (secondary N) is 1. The van der Waals surface area contributed by atoms with Crippen molar-refractivity contribution in [2.24, 2.45) is 0 Å². The number of esters is 1. The van der Waals surface area contributed by atoms with Crippen molar-refractivity contribution in [3.8, 4) is 17.2 Å². The minimum Gasteiger partial charge on any atom is -0.493 e. The van der Waals surface area contributed by atoms with Crippen LogP contribution >= 0.6 is 0 Å². The number of hydrogen-bond donors (Lipinski definition) is 1. The van der Waals surface area contributed by atoms with E-state index in [-0.39, 0.29) is 18.3 Å². The van der Waals surface area contributed by atoms with E-state index in [4.69, 9.17) is 14.2 Å². The molecule has 1 N–H and O–H groups in total. The van der Waals surface area contributed by atoms with Crippen LogP contribution in [0.1, 0.15) is 32.3 Å². The predicted octanol–water partition coefficient (Wildman–Crippen LogP) is 2.33. The lowest BCUT2D eigenvalue weighted by molar-refractivity contribution is -0.141. The first-order valence-corrected chi connectivity index (χ1v) is 8.39. The van der Waals surface area contributed by atoms with Gasteiger partial charge in [-0.3, -0.25) is 9.59 Å². The molecule has 0 unspecified atom stereocenters. The Morgan fingerprint density at radius 1 is 1.23 bits per heavy atom.